The van der Waals surface area contributed by atoms with Gasteiger partial charge < -0.3 is 10.1 Å². The van der Waals surface area contributed by atoms with Crippen LogP contribution < -0.4 is 10.1 Å². The predicted molar refractivity (Wildman–Crippen MR) is 68.6 cm³/mol. The molecule has 1 heterocycles. The van der Waals surface area contributed by atoms with Crippen molar-refractivity contribution in [3.05, 3.63) is 11.9 Å². The molecule has 0 amide bonds. The minimum absolute atomic E-state index is 0.180. The number of nitrogens with zero attached hydrogens (tertiary/aromatic N) is 2. The molecule has 0 saturated heterocycles. The lowest BCUT2D eigenvalue weighted by molar-refractivity contribution is 0.0986. The van der Waals surface area contributed by atoms with Crippen LogP contribution in [0.2, 0.25) is 0 Å². The van der Waals surface area contributed by atoms with Gasteiger partial charge in [0.1, 0.15) is 17.2 Å². The van der Waals surface area contributed by atoms with Crippen LogP contribution >= 0.6 is 0 Å². The van der Waals surface area contributed by atoms with Gasteiger partial charge in [-0.25, -0.2) is 4.98 Å². The second-order valence-electron chi connectivity index (χ2n) is 5.19. The SMILES string of the molecule is CCC(C)(C)Oc1cc(NC)nc(C2CC2)n1. The lowest BCUT2D eigenvalue weighted by Crippen LogP contribution is -2.27. The molecule has 0 aromatic carbocycles. The third-order valence-corrected chi connectivity index (χ3v) is 3.15. The first kappa shape index (κ1) is 12.1. The van der Waals surface area contributed by atoms with Crippen molar-refractivity contribution in [2.24, 2.45) is 0 Å². The Hall–Kier alpha value is -1.32. The second-order valence-corrected chi connectivity index (χ2v) is 5.19. The highest BCUT2D eigenvalue weighted by Gasteiger charge is 2.28. The van der Waals surface area contributed by atoms with Crippen LogP contribution in [0.25, 0.3) is 0 Å². The number of nitrogens with one attached hydrogen (secondary N) is 1. The van der Waals surface area contributed by atoms with Crippen molar-refractivity contribution in [1.82, 2.24) is 9.97 Å². The van der Waals surface area contributed by atoms with Gasteiger partial charge in [0.2, 0.25) is 5.88 Å². The molecule has 4 nitrogen and oxygen atoms in total. The first-order chi connectivity index (χ1) is 8.04. The van der Waals surface area contributed by atoms with E-state index in [4.69, 9.17) is 4.74 Å². The first-order valence-corrected chi connectivity index (χ1v) is 6.30. The van der Waals surface area contributed by atoms with Crippen LogP contribution in [0, 0.1) is 0 Å². The number of hydrogen-bond acceptors (Lipinski definition) is 4. The normalized spacial score (nSPS) is 15.8. The van der Waals surface area contributed by atoms with Crippen molar-refractivity contribution in [3.63, 3.8) is 0 Å². The Labute approximate surface area is 103 Å². The fourth-order valence-electron chi connectivity index (χ4n) is 1.50. The van der Waals surface area contributed by atoms with Gasteiger partial charge in [0.15, 0.2) is 0 Å². The first-order valence-electron chi connectivity index (χ1n) is 6.30. The molecule has 4 heteroatoms. The number of rotatable bonds is 5. The molecule has 0 aliphatic heterocycles. The van der Waals surface area contributed by atoms with E-state index in [-0.39, 0.29) is 5.60 Å². The van der Waals surface area contributed by atoms with E-state index in [1.807, 2.05) is 13.1 Å². The molecule has 0 bridgehead atoms. The Morgan fingerprint density at radius 2 is 2.12 bits per heavy atom. The Morgan fingerprint density at radius 3 is 2.65 bits per heavy atom. The molecule has 1 saturated carbocycles. The highest BCUT2D eigenvalue weighted by atomic mass is 16.5. The maximum absolute atomic E-state index is 5.92. The molecule has 1 N–H and O–H groups in total. The average molecular weight is 235 g/mol. The summed E-state index contributed by atoms with van der Waals surface area (Å²) in [5.41, 5.74) is -0.180. The zero-order valence-electron chi connectivity index (χ0n) is 11.1. The quantitative estimate of drug-likeness (QED) is 0.852. The van der Waals surface area contributed by atoms with Crippen molar-refractivity contribution >= 4 is 5.82 Å². The van der Waals surface area contributed by atoms with Crippen LogP contribution in [-0.2, 0) is 0 Å². The van der Waals surface area contributed by atoms with Crippen molar-refractivity contribution in [1.29, 1.82) is 0 Å². The summed E-state index contributed by atoms with van der Waals surface area (Å²) in [4.78, 5) is 8.97. The molecule has 0 atom stereocenters. The van der Waals surface area contributed by atoms with E-state index in [9.17, 15) is 0 Å². The highest BCUT2D eigenvalue weighted by Crippen LogP contribution is 2.39. The standard InChI is InChI=1S/C13H21N3O/c1-5-13(2,3)17-11-8-10(14-4)15-12(16-11)9-6-7-9/h8-9H,5-7H2,1-4H3,(H,14,15,16). The Balaban J connectivity index is 2.23. The maximum Gasteiger partial charge on any atom is 0.219 e. The summed E-state index contributed by atoms with van der Waals surface area (Å²) in [5, 5.41) is 3.06. The van der Waals surface area contributed by atoms with Gasteiger partial charge in [0.05, 0.1) is 0 Å². The average Bonchev–Trinajstić information content (AvgIpc) is 3.12. The van der Waals surface area contributed by atoms with Gasteiger partial charge in [-0.3, -0.25) is 0 Å². The molecule has 1 aliphatic rings. The van der Waals surface area contributed by atoms with Gasteiger partial charge in [-0.05, 0) is 33.1 Å². The molecular formula is C13H21N3O. The summed E-state index contributed by atoms with van der Waals surface area (Å²) in [5.74, 6) is 2.97. The van der Waals surface area contributed by atoms with Crippen molar-refractivity contribution in [2.45, 2.75) is 51.6 Å². The zero-order chi connectivity index (χ0) is 12.5. The van der Waals surface area contributed by atoms with E-state index in [1.54, 1.807) is 0 Å². The largest absolute Gasteiger partial charge is 0.472 e. The van der Waals surface area contributed by atoms with Gasteiger partial charge in [-0.1, -0.05) is 6.92 Å². The van der Waals surface area contributed by atoms with Crippen LogP contribution in [0.3, 0.4) is 0 Å². The van der Waals surface area contributed by atoms with Gasteiger partial charge in [-0.2, -0.15) is 4.98 Å². The number of hydrogen-bond donors (Lipinski definition) is 1. The molecule has 0 spiro atoms. The van der Waals surface area contributed by atoms with E-state index in [0.717, 1.165) is 18.1 Å². The Kier molecular flexibility index (Phi) is 3.22. The minimum Gasteiger partial charge on any atom is -0.472 e. The molecule has 0 unspecified atom stereocenters. The Morgan fingerprint density at radius 1 is 1.41 bits per heavy atom. The van der Waals surface area contributed by atoms with Gasteiger partial charge in [0.25, 0.3) is 0 Å². The summed E-state index contributed by atoms with van der Waals surface area (Å²) < 4.78 is 5.92. The van der Waals surface area contributed by atoms with Crippen molar-refractivity contribution < 1.29 is 4.74 Å². The molecular weight excluding hydrogens is 214 g/mol. The third kappa shape index (κ3) is 3.08. The summed E-state index contributed by atoms with van der Waals surface area (Å²) >= 11 is 0. The van der Waals surface area contributed by atoms with E-state index in [0.29, 0.717) is 11.8 Å². The fraction of sp³-hybridized carbons (Fsp3) is 0.692. The minimum atomic E-state index is -0.180. The van der Waals surface area contributed by atoms with Crippen LogP contribution in [0.5, 0.6) is 5.88 Å². The van der Waals surface area contributed by atoms with Crippen LogP contribution in [0.4, 0.5) is 5.82 Å². The van der Waals surface area contributed by atoms with E-state index in [1.165, 1.54) is 12.8 Å². The smallest absolute Gasteiger partial charge is 0.219 e. The second kappa shape index (κ2) is 4.51. The van der Waals surface area contributed by atoms with Gasteiger partial charge in [-0.15, -0.1) is 0 Å². The molecule has 17 heavy (non-hydrogen) atoms. The maximum atomic E-state index is 5.92. The number of aromatic nitrogens is 2. The molecule has 0 radical (unpaired) electrons. The van der Waals surface area contributed by atoms with Crippen LogP contribution in [-0.4, -0.2) is 22.6 Å². The topological polar surface area (TPSA) is 47.0 Å². The van der Waals surface area contributed by atoms with Crippen molar-refractivity contribution in [3.8, 4) is 5.88 Å². The number of ether oxygens (including phenoxy) is 1. The predicted octanol–water partition coefficient (Wildman–Crippen LogP) is 2.96. The lowest BCUT2D eigenvalue weighted by Gasteiger charge is -2.24. The molecule has 1 fully saturated rings. The van der Waals surface area contributed by atoms with Gasteiger partial charge in [0, 0.05) is 19.0 Å². The van der Waals surface area contributed by atoms with E-state index in [2.05, 4.69) is 36.1 Å². The summed E-state index contributed by atoms with van der Waals surface area (Å²) in [7, 11) is 1.87. The zero-order valence-corrected chi connectivity index (χ0v) is 11.1. The molecule has 1 aliphatic carbocycles. The molecule has 1 aromatic rings. The molecule has 1 aromatic heterocycles. The molecule has 94 valence electrons. The summed E-state index contributed by atoms with van der Waals surface area (Å²) in [6, 6.07) is 1.86. The van der Waals surface area contributed by atoms with Crippen LogP contribution in [0.15, 0.2) is 6.07 Å². The van der Waals surface area contributed by atoms with E-state index >= 15 is 0 Å². The summed E-state index contributed by atoms with van der Waals surface area (Å²) in [6.07, 6.45) is 3.35. The lowest BCUT2D eigenvalue weighted by atomic mass is 10.1. The molecule has 2 rings (SSSR count). The van der Waals surface area contributed by atoms with E-state index < -0.39 is 0 Å². The number of anilines is 1. The fourth-order valence-corrected chi connectivity index (χ4v) is 1.50. The highest BCUT2D eigenvalue weighted by molar-refractivity contribution is 5.38. The third-order valence-electron chi connectivity index (χ3n) is 3.15. The van der Waals surface area contributed by atoms with Crippen molar-refractivity contribution in [2.75, 3.05) is 12.4 Å². The monoisotopic (exact) mass is 235 g/mol. The Bertz CT molecular complexity index is 400. The van der Waals surface area contributed by atoms with Crippen LogP contribution in [0.1, 0.15) is 51.8 Å². The van der Waals surface area contributed by atoms with Gasteiger partial charge >= 0.3 is 0 Å². The summed E-state index contributed by atoms with van der Waals surface area (Å²) in [6.45, 7) is 6.26.